The van der Waals surface area contributed by atoms with E-state index in [9.17, 15) is 4.79 Å². The molecule has 0 spiro atoms. The van der Waals surface area contributed by atoms with Crippen LogP contribution >= 0.6 is 23.2 Å². The Morgan fingerprint density at radius 2 is 1.89 bits per heavy atom. The van der Waals surface area contributed by atoms with Gasteiger partial charge in [-0.15, -0.1) is 0 Å². The predicted molar refractivity (Wildman–Crippen MR) is 107 cm³/mol. The minimum atomic E-state index is -0.568. The van der Waals surface area contributed by atoms with E-state index in [0.717, 1.165) is 0 Å². The molecular weight excluding hydrogens is 383 g/mol. The van der Waals surface area contributed by atoms with E-state index in [2.05, 4.69) is 18.8 Å². The Bertz CT molecular complexity index is 906. The lowest BCUT2D eigenvalue weighted by Gasteiger charge is -2.20. The summed E-state index contributed by atoms with van der Waals surface area (Å²) in [6, 6.07) is 12.6. The smallest absolute Gasteiger partial charge is 0.338 e. The van der Waals surface area contributed by atoms with Crippen LogP contribution in [0, 0.1) is 0 Å². The third kappa shape index (κ3) is 4.90. The minimum absolute atomic E-state index is 0.400. The second kappa shape index (κ2) is 8.59. The lowest BCUT2D eigenvalue weighted by molar-refractivity contribution is 0.0255. The first kappa shape index (κ1) is 19.5. The number of hydrogen-bond acceptors (Lipinski definition) is 3. The van der Waals surface area contributed by atoms with Gasteiger partial charge in [0.25, 0.3) is 0 Å². The van der Waals surface area contributed by atoms with Gasteiger partial charge in [0.15, 0.2) is 0 Å². The molecule has 1 atom stereocenters. The molecule has 1 unspecified atom stereocenters. The van der Waals surface area contributed by atoms with Crippen LogP contribution in [-0.2, 0) is 11.3 Å². The molecule has 0 aliphatic rings. The van der Waals surface area contributed by atoms with E-state index >= 15 is 0 Å². The Morgan fingerprint density at radius 1 is 1.15 bits per heavy atom. The maximum atomic E-state index is 12.7. The topological polar surface area (TPSA) is 44.1 Å². The van der Waals surface area contributed by atoms with Gasteiger partial charge in [-0.3, -0.25) is 0 Å². The van der Waals surface area contributed by atoms with Crippen LogP contribution in [0.3, 0.4) is 0 Å². The highest BCUT2D eigenvalue weighted by molar-refractivity contribution is 6.35. The molecular formula is C21H20Cl2N2O2. The molecule has 3 aromatic rings. The zero-order chi connectivity index (χ0) is 19.4. The lowest BCUT2D eigenvalue weighted by atomic mass is 10.0. The summed E-state index contributed by atoms with van der Waals surface area (Å²) in [7, 11) is 0. The average Bonchev–Trinajstić information content (AvgIpc) is 3.14. The van der Waals surface area contributed by atoms with Gasteiger partial charge in [0.2, 0.25) is 0 Å². The molecule has 0 saturated heterocycles. The third-order valence-corrected chi connectivity index (χ3v) is 4.87. The van der Waals surface area contributed by atoms with Crippen molar-refractivity contribution in [2.24, 2.45) is 0 Å². The first-order valence-corrected chi connectivity index (χ1v) is 9.41. The number of carbonyl (C=O) groups excluding carboxylic acids is 1. The molecule has 6 heteroatoms. The molecule has 0 aliphatic heterocycles. The molecule has 0 bridgehead atoms. The van der Waals surface area contributed by atoms with E-state index in [1.54, 1.807) is 42.9 Å². The second-order valence-electron chi connectivity index (χ2n) is 6.60. The number of ether oxygens (including phenoxy) is 1. The summed E-state index contributed by atoms with van der Waals surface area (Å²) in [4.78, 5) is 16.7. The van der Waals surface area contributed by atoms with Crippen molar-refractivity contribution >= 4 is 29.2 Å². The van der Waals surface area contributed by atoms with Crippen molar-refractivity contribution in [1.29, 1.82) is 0 Å². The number of carbonyl (C=O) groups is 1. The molecule has 27 heavy (non-hydrogen) atoms. The van der Waals surface area contributed by atoms with Gasteiger partial charge in [0.05, 0.1) is 18.4 Å². The van der Waals surface area contributed by atoms with Gasteiger partial charge in [0.1, 0.15) is 6.10 Å². The molecule has 0 aliphatic carbocycles. The molecule has 0 amide bonds. The number of esters is 1. The maximum Gasteiger partial charge on any atom is 0.338 e. The van der Waals surface area contributed by atoms with Crippen LogP contribution in [0.15, 0.2) is 61.2 Å². The summed E-state index contributed by atoms with van der Waals surface area (Å²) in [5.74, 6) is -0.00151. The van der Waals surface area contributed by atoms with E-state index in [4.69, 9.17) is 27.9 Å². The molecule has 1 heterocycles. The van der Waals surface area contributed by atoms with E-state index in [1.807, 2.05) is 22.9 Å². The number of hydrogen-bond donors (Lipinski definition) is 0. The van der Waals surface area contributed by atoms with Gasteiger partial charge < -0.3 is 9.30 Å². The Balaban J connectivity index is 1.85. The van der Waals surface area contributed by atoms with E-state index in [0.29, 0.717) is 33.6 Å². The van der Waals surface area contributed by atoms with E-state index in [1.165, 1.54) is 5.56 Å². The summed E-state index contributed by atoms with van der Waals surface area (Å²) in [5.41, 5.74) is 2.37. The summed E-state index contributed by atoms with van der Waals surface area (Å²) in [6.45, 7) is 4.62. The third-order valence-electron chi connectivity index (χ3n) is 4.31. The van der Waals surface area contributed by atoms with E-state index in [-0.39, 0.29) is 0 Å². The highest BCUT2D eigenvalue weighted by Gasteiger charge is 2.21. The number of nitrogens with zero attached hydrogens (tertiary/aromatic N) is 2. The van der Waals surface area contributed by atoms with Crippen LogP contribution in [-0.4, -0.2) is 15.5 Å². The largest absolute Gasteiger partial charge is 0.452 e. The fourth-order valence-electron chi connectivity index (χ4n) is 2.75. The monoisotopic (exact) mass is 402 g/mol. The van der Waals surface area contributed by atoms with Crippen LogP contribution < -0.4 is 0 Å². The quantitative estimate of drug-likeness (QED) is 0.481. The first-order valence-electron chi connectivity index (χ1n) is 8.65. The number of halogens is 2. The van der Waals surface area contributed by atoms with Crippen molar-refractivity contribution in [3.05, 3.63) is 87.9 Å². The van der Waals surface area contributed by atoms with Gasteiger partial charge in [-0.25, -0.2) is 9.78 Å². The standard InChI is InChI=1S/C21H20Cl2N2O2/c1-14(2)15-3-5-16(6-4-15)21(26)27-20(12-25-10-9-24-13-25)18-8-7-17(22)11-19(18)23/h3-11,13-14,20H,12H2,1-2H3. The summed E-state index contributed by atoms with van der Waals surface area (Å²) in [5, 5.41) is 0.983. The molecule has 0 radical (unpaired) electrons. The van der Waals surface area contributed by atoms with Gasteiger partial charge in [0, 0.05) is 28.0 Å². The zero-order valence-electron chi connectivity index (χ0n) is 15.1. The molecule has 1 aromatic heterocycles. The van der Waals surface area contributed by atoms with Gasteiger partial charge in [-0.2, -0.15) is 0 Å². The van der Waals surface area contributed by atoms with Crippen LogP contribution in [0.1, 0.15) is 47.4 Å². The van der Waals surface area contributed by atoms with E-state index < -0.39 is 12.1 Å². The summed E-state index contributed by atoms with van der Waals surface area (Å²) < 4.78 is 7.64. The van der Waals surface area contributed by atoms with Crippen molar-refractivity contribution in [3.8, 4) is 0 Å². The molecule has 0 fully saturated rings. The summed E-state index contributed by atoms with van der Waals surface area (Å²) >= 11 is 12.3. The van der Waals surface area contributed by atoms with Crippen LogP contribution in [0.2, 0.25) is 10.0 Å². The van der Waals surface area contributed by atoms with Gasteiger partial charge in [-0.05, 0) is 35.7 Å². The van der Waals surface area contributed by atoms with Crippen molar-refractivity contribution < 1.29 is 9.53 Å². The van der Waals surface area contributed by atoms with Crippen LogP contribution in [0.4, 0.5) is 0 Å². The average molecular weight is 403 g/mol. The molecule has 3 rings (SSSR count). The molecule has 4 nitrogen and oxygen atoms in total. The number of imidazole rings is 1. The summed E-state index contributed by atoms with van der Waals surface area (Å²) in [6.07, 6.45) is 4.58. The van der Waals surface area contributed by atoms with Crippen LogP contribution in [0.25, 0.3) is 0 Å². The van der Waals surface area contributed by atoms with Gasteiger partial charge in [-0.1, -0.05) is 55.2 Å². The van der Waals surface area contributed by atoms with Gasteiger partial charge >= 0.3 is 5.97 Å². The van der Waals surface area contributed by atoms with Crippen molar-refractivity contribution in [2.75, 3.05) is 0 Å². The fraction of sp³-hybridized carbons (Fsp3) is 0.238. The Kier molecular flexibility index (Phi) is 6.19. The van der Waals surface area contributed by atoms with Crippen LogP contribution in [0.5, 0.6) is 0 Å². The molecule has 0 saturated carbocycles. The number of rotatable bonds is 6. The normalized spacial score (nSPS) is 12.2. The molecule has 2 aromatic carbocycles. The van der Waals surface area contributed by atoms with Crippen molar-refractivity contribution in [3.63, 3.8) is 0 Å². The lowest BCUT2D eigenvalue weighted by Crippen LogP contribution is -2.17. The Hall–Kier alpha value is -2.30. The SMILES string of the molecule is CC(C)c1ccc(C(=O)OC(Cn2ccnc2)c2ccc(Cl)cc2Cl)cc1. The maximum absolute atomic E-state index is 12.7. The Labute approximate surface area is 168 Å². The molecule has 140 valence electrons. The first-order chi connectivity index (χ1) is 12.9. The number of aromatic nitrogens is 2. The minimum Gasteiger partial charge on any atom is -0.452 e. The Morgan fingerprint density at radius 3 is 2.48 bits per heavy atom. The highest BCUT2D eigenvalue weighted by atomic mass is 35.5. The fourth-order valence-corrected chi connectivity index (χ4v) is 3.28. The number of benzene rings is 2. The second-order valence-corrected chi connectivity index (χ2v) is 7.44. The van der Waals surface area contributed by atoms with Crippen molar-refractivity contribution in [2.45, 2.75) is 32.4 Å². The zero-order valence-corrected chi connectivity index (χ0v) is 16.6. The molecule has 0 N–H and O–H groups in total. The van der Waals surface area contributed by atoms with Crippen molar-refractivity contribution in [1.82, 2.24) is 9.55 Å². The predicted octanol–water partition coefficient (Wildman–Crippen LogP) is 5.91. The highest BCUT2D eigenvalue weighted by Crippen LogP contribution is 2.30.